The van der Waals surface area contributed by atoms with Crippen molar-refractivity contribution in [3.05, 3.63) is 29.5 Å². The zero-order valence-electron chi connectivity index (χ0n) is 14.9. The maximum Gasteiger partial charge on any atom is 0.179 e. The number of hydrogen-bond donors (Lipinski definition) is 1. The molecule has 0 fully saturated rings. The van der Waals surface area contributed by atoms with Crippen LogP contribution in [0, 0.1) is 18.4 Å². The number of nitrogens with zero attached hydrogens (tertiary/aromatic N) is 2. The average Bonchev–Trinajstić information content (AvgIpc) is 2.59. The highest BCUT2D eigenvalue weighted by atomic mass is 32.1. The van der Waals surface area contributed by atoms with E-state index in [4.69, 9.17) is 10.00 Å². The van der Waals surface area contributed by atoms with E-state index in [2.05, 4.69) is 49.5 Å². The minimum atomic E-state index is 0.700. The number of aromatic nitrogens is 1. The molecule has 2 rings (SSSR count). The van der Waals surface area contributed by atoms with E-state index in [0.29, 0.717) is 6.61 Å². The molecule has 1 aromatic heterocycles. The van der Waals surface area contributed by atoms with E-state index in [0.717, 1.165) is 44.5 Å². The van der Waals surface area contributed by atoms with Gasteiger partial charge in [0.1, 0.15) is 5.75 Å². The van der Waals surface area contributed by atoms with E-state index in [9.17, 15) is 0 Å². The number of unbranched alkanes of at least 4 members (excludes halogenated alkanes) is 1. The van der Waals surface area contributed by atoms with E-state index in [1.54, 1.807) is 11.5 Å². The third kappa shape index (κ3) is 4.78. The van der Waals surface area contributed by atoms with Crippen molar-refractivity contribution >= 4 is 11.5 Å². The molecule has 0 saturated heterocycles. The van der Waals surface area contributed by atoms with Gasteiger partial charge in [0.15, 0.2) is 6.19 Å². The predicted octanol–water partition coefficient (Wildman–Crippen LogP) is 4.97. The summed E-state index contributed by atoms with van der Waals surface area (Å²) in [6.07, 6.45) is 6.18. The molecule has 5 heteroatoms. The molecular formula is C19H27N3OS. The Labute approximate surface area is 149 Å². The first kappa shape index (κ1) is 18.4. The highest BCUT2D eigenvalue weighted by Crippen LogP contribution is 2.33. The molecule has 1 heterocycles. The summed E-state index contributed by atoms with van der Waals surface area (Å²) < 4.78 is 9.26. The maximum atomic E-state index is 9.03. The lowest BCUT2D eigenvalue weighted by molar-refractivity contribution is 0.290. The highest BCUT2D eigenvalue weighted by Gasteiger charge is 2.10. The molecule has 0 radical (unpaired) electrons. The van der Waals surface area contributed by atoms with Gasteiger partial charge in [-0.05, 0) is 49.8 Å². The van der Waals surface area contributed by atoms with E-state index in [1.165, 1.54) is 21.7 Å². The van der Waals surface area contributed by atoms with Crippen LogP contribution in [0.25, 0.3) is 10.4 Å². The Morgan fingerprint density at radius 2 is 2.08 bits per heavy atom. The molecule has 1 aromatic carbocycles. The topological polar surface area (TPSA) is 52.1 Å². The van der Waals surface area contributed by atoms with E-state index in [1.807, 2.05) is 4.90 Å². The summed E-state index contributed by atoms with van der Waals surface area (Å²) in [6.45, 7) is 8.71. The molecule has 2 aromatic rings. The minimum Gasteiger partial charge on any atom is -0.493 e. The minimum absolute atomic E-state index is 0.700. The third-order valence-electron chi connectivity index (χ3n) is 4.07. The van der Waals surface area contributed by atoms with Gasteiger partial charge in [0.25, 0.3) is 0 Å². The zero-order chi connectivity index (χ0) is 17.4. The van der Waals surface area contributed by atoms with Crippen molar-refractivity contribution in [3.8, 4) is 22.4 Å². The molecule has 4 nitrogen and oxygen atoms in total. The fourth-order valence-electron chi connectivity index (χ4n) is 2.67. The number of aryl methyl sites for hydroxylation is 2. The van der Waals surface area contributed by atoms with E-state index in [-0.39, 0.29) is 0 Å². The number of rotatable bonds is 10. The molecule has 0 spiro atoms. The molecule has 0 atom stereocenters. The Hall–Kier alpha value is -1.93. The second-order valence-corrected chi connectivity index (χ2v) is 6.79. The van der Waals surface area contributed by atoms with Gasteiger partial charge in [0, 0.05) is 18.8 Å². The van der Waals surface area contributed by atoms with Crippen molar-refractivity contribution in [2.45, 2.75) is 46.5 Å². The first-order chi connectivity index (χ1) is 11.7. The van der Waals surface area contributed by atoms with Crippen LogP contribution in [0.15, 0.2) is 18.2 Å². The smallest absolute Gasteiger partial charge is 0.179 e. The molecule has 0 bridgehead atoms. The maximum absolute atomic E-state index is 9.03. The van der Waals surface area contributed by atoms with Crippen LogP contribution in [0.1, 0.15) is 44.4 Å². The van der Waals surface area contributed by atoms with Crippen molar-refractivity contribution in [1.82, 2.24) is 9.27 Å². The lowest BCUT2D eigenvalue weighted by Crippen LogP contribution is -2.20. The van der Waals surface area contributed by atoms with Gasteiger partial charge in [-0.2, -0.15) is 5.26 Å². The second kappa shape index (κ2) is 9.39. The first-order valence-corrected chi connectivity index (χ1v) is 9.55. The van der Waals surface area contributed by atoms with Crippen LogP contribution in [0.2, 0.25) is 0 Å². The fourth-order valence-corrected chi connectivity index (χ4v) is 3.32. The third-order valence-corrected chi connectivity index (χ3v) is 5.23. The van der Waals surface area contributed by atoms with Crippen molar-refractivity contribution in [2.75, 3.05) is 19.7 Å². The Bertz CT molecular complexity index is 668. The molecule has 1 N–H and O–H groups in total. The van der Waals surface area contributed by atoms with Gasteiger partial charge in [-0.1, -0.05) is 37.5 Å². The predicted molar refractivity (Wildman–Crippen MR) is 100 cm³/mol. The summed E-state index contributed by atoms with van der Waals surface area (Å²) in [7, 11) is 0. The lowest BCUT2D eigenvalue weighted by Gasteiger charge is -2.16. The van der Waals surface area contributed by atoms with Crippen molar-refractivity contribution < 1.29 is 4.74 Å². The van der Waals surface area contributed by atoms with Crippen molar-refractivity contribution in [1.29, 1.82) is 5.26 Å². The lowest BCUT2D eigenvalue weighted by atomic mass is 10.1. The van der Waals surface area contributed by atoms with E-state index >= 15 is 0 Å². The van der Waals surface area contributed by atoms with Crippen LogP contribution >= 0.6 is 11.5 Å². The SMILES string of the molecule is CCCN(C#N)CCCCOc1cc(-c2s[nH]c2C)ccc1CC. The van der Waals surface area contributed by atoms with Crippen molar-refractivity contribution in [3.63, 3.8) is 0 Å². The Morgan fingerprint density at radius 1 is 1.25 bits per heavy atom. The summed E-state index contributed by atoms with van der Waals surface area (Å²) in [4.78, 5) is 3.13. The largest absolute Gasteiger partial charge is 0.493 e. The standard InChI is InChI=1S/C19H27N3OS/c1-4-10-22(14-20)11-6-7-12-23-18-13-17(9-8-16(18)5-2)19-15(3)21-24-19/h8-9,13,21H,4-7,10-12H2,1-3H3. The van der Waals surface area contributed by atoms with Crippen LogP contribution in [0.3, 0.4) is 0 Å². The molecule has 0 aliphatic heterocycles. The molecule has 0 saturated carbocycles. The molecule has 0 aliphatic rings. The van der Waals surface area contributed by atoms with Gasteiger partial charge in [-0.25, -0.2) is 0 Å². The number of nitrogens with one attached hydrogen (secondary N) is 1. The number of ether oxygens (including phenoxy) is 1. The number of H-pyrrole nitrogens is 1. The van der Waals surface area contributed by atoms with Gasteiger partial charge in [0.05, 0.1) is 11.5 Å². The molecule has 130 valence electrons. The van der Waals surface area contributed by atoms with Crippen LogP contribution in [0.5, 0.6) is 5.75 Å². The summed E-state index contributed by atoms with van der Waals surface area (Å²) in [6, 6.07) is 6.50. The van der Waals surface area contributed by atoms with Gasteiger partial charge >= 0.3 is 0 Å². The Balaban J connectivity index is 1.87. The van der Waals surface area contributed by atoms with Gasteiger partial charge in [-0.15, -0.1) is 0 Å². The Morgan fingerprint density at radius 3 is 2.67 bits per heavy atom. The van der Waals surface area contributed by atoms with Crippen molar-refractivity contribution in [2.24, 2.45) is 0 Å². The van der Waals surface area contributed by atoms with Crippen LogP contribution < -0.4 is 4.74 Å². The van der Waals surface area contributed by atoms with Gasteiger partial charge < -0.3 is 14.0 Å². The number of nitriles is 1. The Kier molecular flexibility index (Phi) is 7.20. The quantitative estimate of drug-likeness (QED) is 0.376. The first-order valence-electron chi connectivity index (χ1n) is 8.74. The molecule has 0 unspecified atom stereocenters. The second-order valence-electron chi connectivity index (χ2n) is 5.98. The molecule has 24 heavy (non-hydrogen) atoms. The number of benzene rings is 1. The van der Waals surface area contributed by atoms with Gasteiger partial charge in [0.2, 0.25) is 0 Å². The number of aromatic amines is 1. The van der Waals surface area contributed by atoms with Crippen LogP contribution in [0.4, 0.5) is 0 Å². The summed E-state index contributed by atoms with van der Waals surface area (Å²) in [5.41, 5.74) is 3.70. The van der Waals surface area contributed by atoms with Gasteiger partial charge in [-0.3, -0.25) is 0 Å². The van der Waals surface area contributed by atoms with Crippen LogP contribution in [-0.2, 0) is 6.42 Å². The zero-order valence-corrected chi connectivity index (χ0v) is 15.7. The summed E-state index contributed by atoms with van der Waals surface area (Å²) in [5, 5.41) is 9.03. The molecule has 0 aliphatic carbocycles. The fraction of sp³-hybridized carbons (Fsp3) is 0.526. The molecular weight excluding hydrogens is 318 g/mol. The highest BCUT2D eigenvalue weighted by molar-refractivity contribution is 7.11. The summed E-state index contributed by atoms with van der Waals surface area (Å²) >= 11 is 1.67. The molecule has 0 amide bonds. The summed E-state index contributed by atoms with van der Waals surface area (Å²) in [5.74, 6) is 0.994. The number of hydrogen-bond acceptors (Lipinski definition) is 4. The average molecular weight is 346 g/mol. The normalized spacial score (nSPS) is 10.6. The van der Waals surface area contributed by atoms with E-state index < -0.39 is 0 Å². The monoisotopic (exact) mass is 345 g/mol. The van der Waals surface area contributed by atoms with Crippen LogP contribution in [-0.4, -0.2) is 29.0 Å².